The lowest BCUT2D eigenvalue weighted by molar-refractivity contribution is 0.684. The minimum Gasteiger partial charge on any atom is -0.369 e. The van der Waals surface area contributed by atoms with Gasteiger partial charge in [-0.25, -0.2) is 9.97 Å². The fourth-order valence-corrected chi connectivity index (χ4v) is 3.51. The molecule has 0 bridgehead atoms. The Morgan fingerprint density at radius 3 is 2.73 bits per heavy atom. The Hall–Kier alpha value is -1.94. The summed E-state index contributed by atoms with van der Waals surface area (Å²) in [6.07, 6.45) is 6.67. The molecule has 0 aliphatic rings. The molecule has 0 aliphatic heterocycles. The van der Waals surface area contributed by atoms with E-state index in [0.717, 1.165) is 22.6 Å². The number of hydrogen-bond donors (Lipinski definition) is 1. The van der Waals surface area contributed by atoms with Gasteiger partial charge in [0.15, 0.2) is 0 Å². The quantitative estimate of drug-likeness (QED) is 0.598. The van der Waals surface area contributed by atoms with Gasteiger partial charge < -0.3 is 5.32 Å². The Bertz CT molecular complexity index is 722. The van der Waals surface area contributed by atoms with Gasteiger partial charge in [0.25, 0.3) is 0 Å². The van der Waals surface area contributed by atoms with Gasteiger partial charge >= 0.3 is 0 Å². The van der Waals surface area contributed by atoms with E-state index in [-0.39, 0.29) is 0 Å². The van der Waals surface area contributed by atoms with Gasteiger partial charge in [-0.2, -0.15) is 0 Å². The van der Waals surface area contributed by atoms with Crippen LogP contribution in [0.5, 0.6) is 0 Å². The van der Waals surface area contributed by atoms with E-state index >= 15 is 0 Å². The van der Waals surface area contributed by atoms with Gasteiger partial charge in [0.1, 0.15) is 17.0 Å². The van der Waals surface area contributed by atoms with Gasteiger partial charge in [-0.05, 0) is 12.0 Å². The molecule has 0 fully saturated rings. The summed E-state index contributed by atoms with van der Waals surface area (Å²) in [5, 5.41) is 6.82. The van der Waals surface area contributed by atoms with Crippen LogP contribution in [-0.2, 0) is 0 Å². The first kappa shape index (κ1) is 15.0. The molecular weight excluding hydrogens is 290 g/mol. The third kappa shape index (κ3) is 3.28. The van der Waals surface area contributed by atoms with Crippen molar-refractivity contribution in [3.8, 4) is 11.1 Å². The molecule has 22 heavy (non-hydrogen) atoms. The van der Waals surface area contributed by atoms with Crippen LogP contribution in [0.25, 0.3) is 21.3 Å². The van der Waals surface area contributed by atoms with E-state index in [1.807, 2.05) is 6.07 Å². The van der Waals surface area contributed by atoms with Crippen LogP contribution in [-0.4, -0.2) is 16.5 Å². The number of thiophene rings is 1. The molecule has 3 rings (SSSR count). The molecule has 0 spiro atoms. The van der Waals surface area contributed by atoms with Crippen molar-refractivity contribution in [1.29, 1.82) is 0 Å². The average Bonchev–Trinajstić information content (AvgIpc) is 3.00. The summed E-state index contributed by atoms with van der Waals surface area (Å²) in [6, 6.07) is 10.5. The number of aromatic nitrogens is 2. The van der Waals surface area contributed by atoms with E-state index in [9.17, 15) is 0 Å². The lowest BCUT2D eigenvalue weighted by Crippen LogP contribution is -2.04. The lowest BCUT2D eigenvalue weighted by Gasteiger charge is -2.08. The molecule has 2 aromatic heterocycles. The zero-order chi connectivity index (χ0) is 15.2. The zero-order valence-electron chi connectivity index (χ0n) is 12.9. The van der Waals surface area contributed by atoms with Gasteiger partial charge in [-0.3, -0.25) is 0 Å². The maximum absolute atomic E-state index is 4.47. The maximum Gasteiger partial charge on any atom is 0.138 e. The first-order chi connectivity index (χ1) is 10.9. The van der Waals surface area contributed by atoms with Crippen LogP contribution in [0.15, 0.2) is 42.0 Å². The normalized spacial score (nSPS) is 11.0. The summed E-state index contributed by atoms with van der Waals surface area (Å²) in [7, 11) is 0. The van der Waals surface area contributed by atoms with Gasteiger partial charge in [-0.15, -0.1) is 11.3 Å². The molecule has 0 unspecified atom stereocenters. The van der Waals surface area contributed by atoms with Crippen LogP contribution in [0, 0.1) is 0 Å². The summed E-state index contributed by atoms with van der Waals surface area (Å²) < 4.78 is 0. The van der Waals surface area contributed by atoms with Crippen LogP contribution in [0.1, 0.15) is 32.6 Å². The van der Waals surface area contributed by atoms with Crippen molar-refractivity contribution in [3.63, 3.8) is 0 Å². The van der Waals surface area contributed by atoms with Crippen molar-refractivity contribution in [2.45, 2.75) is 32.6 Å². The number of nitrogens with one attached hydrogen (secondary N) is 1. The minimum absolute atomic E-state index is 0.960. The summed E-state index contributed by atoms with van der Waals surface area (Å²) in [4.78, 5) is 9.93. The molecule has 3 aromatic rings. The Labute approximate surface area is 135 Å². The minimum atomic E-state index is 0.960. The maximum atomic E-state index is 4.47. The van der Waals surface area contributed by atoms with Crippen molar-refractivity contribution in [1.82, 2.24) is 9.97 Å². The highest BCUT2D eigenvalue weighted by molar-refractivity contribution is 7.17. The van der Waals surface area contributed by atoms with Gasteiger partial charge in [0.2, 0.25) is 0 Å². The summed E-state index contributed by atoms with van der Waals surface area (Å²) >= 11 is 1.68. The van der Waals surface area contributed by atoms with Crippen LogP contribution >= 0.6 is 11.3 Å². The lowest BCUT2D eigenvalue weighted by atomic mass is 10.1. The Balaban J connectivity index is 1.85. The Morgan fingerprint density at radius 2 is 1.91 bits per heavy atom. The number of fused-ring (bicyclic) bond motifs is 1. The third-order valence-electron chi connectivity index (χ3n) is 3.78. The monoisotopic (exact) mass is 311 g/mol. The molecule has 3 nitrogen and oxygen atoms in total. The molecule has 0 aliphatic carbocycles. The second kappa shape index (κ2) is 7.36. The van der Waals surface area contributed by atoms with Crippen LogP contribution in [0.3, 0.4) is 0 Å². The number of benzene rings is 1. The van der Waals surface area contributed by atoms with E-state index in [4.69, 9.17) is 0 Å². The number of unbranched alkanes of at least 4 members (excludes halogenated alkanes) is 3. The van der Waals surface area contributed by atoms with Crippen molar-refractivity contribution in [2.75, 3.05) is 11.9 Å². The van der Waals surface area contributed by atoms with E-state index in [0.29, 0.717) is 0 Å². The number of hydrogen-bond acceptors (Lipinski definition) is 4. The van der Waals surface area contributed by atoms with Crippen LogP contribution < -0.4 is 5.32 Å². The highest BCUT2D eigenvalue weighted by atomic mass is 32.1. The van der Waals surface area contributed by atoms with Crippen molar-refractivity contribution < 1.29 is 0 Å². The Kier molecular flexibility index (Phi) is 5.01. The average molecular weight is 311 g/mol. The first-order valence-electron chi connectivity index (χ1n) is 7.91. The molecule has 0 saturated carbocycles. The predicted molar refractivity (Wildman–Crippen MR) is 95.5 cm³/mol. The summed E-state index contributed by atoms with van der Waals surface area (Å²) in [6.45, 7) is 3.20. The highest BCUT2D eigenvalue weighted by Crippen LogP contribution is 2.36. The molecule has 0 saturated heterocycles. The molecule has 0 amide bonds. The van der Waals surface area contributed by atoms with E-state index in [1.165, 1.54) is 36.8 Å². The smallest absolute Gasteiger partial charge is 0.138 e. The zero-order valence-corrected chi connectivity index (χ0v) is 13.7. The Morgan fingerprint density at radius 1 is 1.05 bits per heavy atom. The molecule has 1 N–H and O–H groups in total. The summed E-state index contributed by atoms with van der Waals surface area (Å²) in [5.41, 5.74) is 2.44. The number of rotatable bonds is 7. The second-order valence-electron chi connectivity index (χ2n) is 5.41. The third-order valence-corrected chi connectivity index (χ3v) is 4.66. The number of nitrogens with zero attached hydrogens (tertiary/aromatic N) is 2. The van der Waals surface area contributed by atoms with Crippen LogP contribution in [0.4, 0.5) is 5.82 Å². The molecule has 0 radical (unpaired) electrons. The van der Waals surface area contributed by atoms with E-state index in [1.54, 1.807) is 17.7 Å². The number of anilines is 1. The molecule has 1 aromatic carbocycles. The van der Waals surface area contributed by atoms with Gasteiger partial charge in [-0.1, -0.05) is 56.5 Å². The van der Waals surface area contributed by atoms with Crippen molar-refractivity contribution in [3.05, 3.63) is 42.0 Å². The molecular formula is C18H21N3S. The predicted octanol–water partition coefficient (Wildman–Crippen LogP) is 5.35. The van der Waals surface area contributed by atoms with E-state index < -0.39 is 0 Å². The SMILES string of the molecule is CCCCCCNc1ncnc2scc(-c3ccccc3)c12. The van der Waals surface area contributed by atoms with Gasteiger partial charge in [0.05, 0.1) is 5.39 Å². The van der Waals surface area contributed by atoms with Gasteiger partial charge in [0, 0.05) is 17.5 Å². The first-order valence-corrected chi connectivity index (χ1v) is 8.79. The van der Waals surface area contributed by atoms with E-state index in [2.05, 4.69) is 51.9 Å². The molecule has 2 heterocycles. The molecule has 0 atom stereocenters. The standard InChI is InChI=1S/C18H21N3S/c1-2-3-4-8-11-19-17-16-15(14-9-6-5-7-10-14)12-22-18(16)21-13-20-17/h5-7,9-10,12-13H,2-4,8,11H2,1H3,(H,19,20,21). The van der Waals surface area contributed by atoms with Crippen molar-refractivity contribution in [2.24, 2.45) is 0 Å². The fraction of sp³-hybridized carbons (Fsp3) is 0.333. The highest BCUT2D eigenvalue weighted by Gasteiger charge is 2.12. The summed E-state index contributed by atoms with van der Waals surface area (Å²) in [5.74, 6) is 0.960. The fourth-order valence-electron chi connectivity index (χ4n) is 2.60. The largest absolute Gasteiger partial charge is 0.369 e. The second-order valence-corrected chi connectivity index (χ2v) is 6.26. The van der Waals surface area contributed by atoms with Crippen molar-refractivity contribution >= 4 is 27.4 Å². The van der Waals surface area contributed by atoms with Crippen LogP contribution in [0.2, 0.25) is 0 Å². The molecule has 114 valence electrons. The topological polar surface area (TPSA) is 37.8 Å². The molecule has 4 heteroatoms.